The van der Waals surface area contributed by atoms with Crippen molar-refractivity contribution in [2.45, 2.75) is 32.9 Å². The molecule has 0 aliphatic carbocycles. The van der Waals surface area contributed by atoms with Crippen molar-refractivity contribution < 1.29 is 18.3 Å². The van der Waals surface area contributed by atoms with Crippen LogP contribution in [0.25, 0.3) is 0 Å². The molecule has 0 spiro atoms. The fourth-order valence-electron chi connectivity index (χ4n) is 2.54. The van der Waals surface area contributed by atoms with Gasteiger partial charge in [0, 0.05) is 13.1 Å². The smallest absolute Gasteiger partial charge is 0.387 e. The minimum atomic E-state index is -2.87. The van der Waals surface area contributed by atoms with Crippen LogP contribution in [0.5, 0.6) is 5.75 Å². The second-order valence-corrected chi connectivity index (χ2v) is 5.82. The third-order valence-corrected chi connectivity index (χ3v) is 3.81. The first-order valence-electron chi connectivity index (χ1n) is 8.32. The van der Waals surface area contributed by atoms with Crippen LogP contribution in [-0.2, 0) is 17.8 Å². The van der Waals surface area contributed by atoms with E-state index in [9.17, 15) is 13.6 Å². The Bertz CT molecular complexity index is 753. The SMILES string of the molecule is CCCN(Cc1ccc(C#N)cc1)C(=O)Cc1ccc(OC(F)F)cc1. The highest BCUT2D eigenvalue weighted by atomic mass is 19.3. The lowest BCUT2D eigenvalue weighted by Gasteiger charge is -2.22. The summed E-state index contributed by atoms with van der Waals surface area (Å²) in [7, 11) is 0. The molecule has 0 aliphatic rings. The van der Waals surface area contributed by atoms with E-state index in [1.165, 1.54) is 12.1 Å². The molecule has 2 rings (SSSR count). The van der Waals surface area contributed by atoms with E-state index in [4.69, 9.17) is 5.26 Å². The molecule has 0 aliphatic heterocycles. The van der Waals surface area contributed by atoms with Crippen molar-refractivity contribution in [2.24, 2.45) is 0 Å². The van der Waals surface area contributed by atoms with E-state index < -0.39 is 6.61 Å². The van der Waals surface area contributed by atoms with Gasteiger partial charge >= 0.3 is 6.61 Å². The van der Waals surface area contributed by atoms with Gasteiger partial charge in [-0.2, -0.15) is 14.0 Å². The van der Waals surface area contributed by atoms with Crippen molar-refractivity contribution in [3.8, 4) is 11.8 Å². The van der Waals surface area contributed by atoms with Crippen LogP contribution in [0.4, 0.5) is 8.78 Å². The van der Waals surface area contributed by atoms with Crippen molar-refractivity contribution >= 4 is 5.91 Å². The highest BCUT2D eigenvalue weighted by molar-refractivity contribution is 5.78. The number of amides is 1. The van der Waals surface area contributed by atoms with Crippen molar-refractivity contribution in [2.75, 3.05) is 6.54 Å². The van der Waals surface area contributed by atoms with Gasteiger partial charge in [0.2, 0.25) is 5.91 Å². The molecule has 0 atom stereocenters. The summed E-state index contributed by atoms with van der Waals surface area (Å²) < 4.78 is 28.7. The molecule has 0 fully saturated rings. The number of carbonyl (C=O) groups excluding carboxylic acids is 1. The minimum absolute atomic E-state index is 0.0428. The Labute approximate surface area is 151 Å². The summed E-state index contributed by atoms with van der Waals surface area (Å²) in [5.41, 5.74) is 2.26. The first-order chi connectivity index (χ1) is 12.5. The fourth-order valence-corrected chi connectivity index (χ4v) is 2.54. The van der Waals surface area contributed by atoms with Crippen LogP contribution in [0.15, 0.2) is 48.5 Å². The van der Waals surface area contributed by atoms with Gasteiger partial charge in [-0.1, -0.05) is 31.2 Å². The highest BCUT2D eigenvalue weighted by Gasteiger charge is 2.14. The monoisotopic (exact) mass is 358 g/mol. The van der Waals surface area contributed by atoms with E-state index in [1.807, 2.05) is 19.1 Å². The summed E-state index contributed by atoms with van der Waals surface area (Å²) in [5, 5.41) is 8.85. The zero-order valence-corrected chi connectivity index (χ0v) is 14.5. The van der Waals surface area contributed by atoms with E-state index >= 15 is 0 Å². The van der Waals surface area contributed by atoms with Crippen LogP contribution >= 0.6 is 0 Å². The first-order valence-corrected chi connectivity index (χ1v) is 8.32. The Hall–Kier alpha value is -2.94. The second-order valence-electron chi connectivity index (χ2n) is 5.82. The van der Waals surface area contributed by atoms with Gasteiger partial charge in [-0.05, 0) is 41.8 Å². The van der Waals surface area contributed by atoms with E-state index in [1.54, 1.807) is 29.2 Å². The standard InChI is InChI=1S/C20H20F2N2O2/c1-2-11-24(14-17-5-3-16(13-23)4-6-17)19(25)12-15-7-9-18(10-8-15)26-20(21)22/h3-10,20H,2,11-12,14H2,1H3. The molecule has 1 amide bonds. The Kier molecular flexibility index (Phi) is 7.10. The molecule has 4 nitrogen and oxygen atoms in total. The number of carbonyl (C=O) groups is 1. The normalized spacial score (nSPS) is 10.4. The van der Waals surface area contributed by atoms with Gasteiger partial charge < -0.3 is 9.64 Å². The molecule has 0 unspecified atom stereocenters. The molecule has 136 valence electrons. The highest BCUT2D eigenvalue weighted by Crippen LogP contribution is 2.16. The molecule has 0 radical (unpaired) electrons. The van der Waals surface area contributed by atoms with Crippen LogP contribution in [0.2, 0.25) is 0 Å². The van der Waals surface area contributed by atoms with Gasteiger partial charge in [-0.15, -0.1) is 0 Å². The number of halogens is 2. The van der Waals surface area contributed by atoms with Crippen molar-refractivity contribution in [1.29, 1.82) is 5.26 Å². The third-order valence-electron chi connectivity index (χ3n) is 3.81. The fraction of sp³-hybridized carbons (Fsp3) is 0.300. The van der Waals surface area contributed by atoms with Crippen molar-refractivity contribution in [3.63, 3.8) is 0 Å². The zero-order valence-electron chi connectivity index (χ0n) is 14.5. The van der Waals surface area contributed by atoms with Gasteiger partial charge in [-0.3, -0.25) is 4.79 Å². The summed E-state index contributed by atoms with van der Waals surface area (Å²) >= 11 is 0. The summed E-state index contributed by atoms with van der Waals surface area (Å²) in [4.78, 5) is 14.4. The van der Waals surface area contributed by atoms with E-state index in [0.29, 0.717) is 18.7 Å². The molecule has 2 aromatic carbocycles. The summed E-state index contributed by atoms with van der Waals surface area (Å²) in [6.07, 6.45) is 1.01. The largest absolute Gasteiger partial charge is 0.435 e. The molecular weight excluding hydrogens is 338 g/mol. The number of nitrogens with zero attached hydrogens (tertiary/aromatic N) is 2. The Morgan fingerprint density at radius 1 is 1.12 bits per heavy atom. The van der Waals surface area contributed by atoms with Gasteiger partial charge in [-0.25, -0.2) is 0 Å². The number of rotatable bonds is 8. The Morgan fingerprint density at radius 3 is 2.27 bits per heavy atom. The maximum atomic E-state index is 12.6. The molecule has 0 saturated heterocycles. The molecule has 2 aromatic rings. The Morgan fingerprint density at radius 2 is 1.73 bits per heavy atom. The number of ether oxygens (including phenoxy) is 1. The Balaban J connectivity index is 2.01. The molecule has 0 bridgehead atoms. The maximum Gasteiger partial charge on any atom is 0.387 e. The number of benzene rings is 2. The van der Waals surface area contributed by atoms with E-state index in [-0.39, 0.29) is 18.1 Å². The van der Waals surface area contributed by atoms with Crippen molar-refractivity contribution in [3.05, 3.63) is 65.2 Å². The number of alkyl halides is 2. The van der Waals surface area contributed by atoms with Gasteiger partial charge in [0.25, 0.3) is 0 Å². The maximum absolute atomic E-state index is 12.6. The number of hydrogen-bond donors (Lipinski definition) is 0. The molecule has 6 heteroatoms. The summed E-state index contributed by atoms with van der Waals surface area (Å²) in [5.74, 6) is 0.0259. The van der Waals surface area contributed by atoms with Crippen LogP contribution < -0.4 is 4.74 Å². The lowest BCUT2D eigenvalue weighted by atomic mass is 10.1. The molecule has 0 saturated carbocycles. The zero-order chi connectivity index (χ0) is 18.9. The first kappa shape index (κ1) is 19.4. The second kappa shape index (κ2) is 9.52. The predicted octanol–water partition coefficient (Wildman–Crippen LogP) is 4.14. The van der Waals surface area contributed by atoms with Crippen LogP contribution in [-0.4, -0.2) is 24.0 Å². The van der Waals surface area contributed by atoms with E-state index in [2.05, 4.69) is 10.8 Å². The predicted molar refractivity (Wildman–Crippen MR) is 93.6 cm³/mol. The van der Waals surface area contributed by atoms with Crippen LogP contribution in [0, 0.1) is 11.3 Å². The van der Waals surface area contributed by atoms with E-state index in [0.717, 1.165) is 17.5 Å². The van der Waals surface area contributed by atoms with Gasteiger partial charge in [0.1, 0.15) is 5.75 Å². The molecule has 0 N–H and O–H groups in total. The average molecular weight is 358 g/mol. The number of hydrogen-bond acceptors (Lipinski definition) is 3. The van der Waals surface area contributed by atoms with Gasteiger partial charge in [0.05, 0.1) is 18.1 Å². The minimum Gasteiger partial charge on any atom is -0.435 e. The van der Waals surface area contributed by atoms with Crippen LogP contribution in [0.3, 0.4) is 0 Å². The summed E-state index contributed by atoms with van der Waals surface area (Å²) in [6, 6.07) is 15.3. The molecular formula is C20H20F2N2O2. The van der Waals surface area contributed by atoms with Crippen LogP contribution in [0.1, 0.15) is 30.0 Å². The average Bonchev–Trinajstić information content (AvgIpc) is 2.63. The molecule has 0 heterocycles. The van der Waals surface area contributed by atoms with Crippen molar-refractivity contribution in [1.82, 2.24) is 4.90 Å². The molecule has 26 heavy (non-hydrogen) atoms. The topological polar surface area (TPSA) is 53.3 Å². The summed E-state index contributed by atoms with van der Waals surface area (Å²) in [6.45, 7) is 0.210. The lowest BCUT2D eigenvalue weighted by molar-refractivity contribution is -0.131. The lowest BCUT2D eigenvalue weighted by Crippen LogP contribution is -2.32. The quantitative estimate of drug-likeness (QED) is 0.713. The molecule has 0 aromatic heterocycles. The van der Waals surface area contributed by atoms with Gasteiger partial charge in [0.15, 0.2) is 0 Å². The number of nitriles is 1. The third kappa shape index (κ3) is 5.85.